The molecule has 0 N–H and O–H groups in total. The van der Waals surface area contributed by atoms with Crippen molar-refractivity contribution in [2.24, 2.45) is 0 Å². The highest BCUT2D eigenvalue weighted by Crippen LogP contribution is 2.44. The molecule has 0 bridgehead atoms. The second-order valence-electron chi connectivity index (χ2n) is 9.33. The summed E-state index contributed by atoms with van der Waals surface area (Å²) in [6, 6.07) is 41.6. The summed E-state index contributed by atoms with van der Waals surface area (Å²) in [4.78, 5) is 0. The standard InChI is InChI=1S/C34H20OS/c1-2-8-21(9-3-1)33-24-10-4-6-12-26(24)34(27-13-7-5-11-25(27)33)23-14-15-30-28(18-23)29-20-32-22(16-17-36-32)19-31(29)35-30/h1-20H. The summed E-state index contributed by atoms with van der Waals surface area (Å²) in [6.07, 6.45) is 0. The topological polar surface area (TPSA) is 13.1 Å². The van der Waals surface area contributed by atoms with Crippen LogP contribution in [-0.4, -0.2) is 0 Å². The number of furan rings is 1. The zero-order valence-corrected chi connectivity index (χ0v) is 20.2. The molecule has 2 aromatic heterocycles. The predicted molar refractivity (Wildman–Crippen MR) is 155 cm³/mol. The molecule has 2 heterocycles. The van der Waals surface area contributed by atoms with E-state index in [9.17, 15) is 0 Å². The number of hydrogen-bond donors (Lipinski definition) is 0. The van der Waals surface area contributed by atoms with Crippen LogP contribution in [-0.2, 0) is 0 Å². The van der Waals surface area contributed by atoms with Crippen LogP contribution in [0.15, 0.2) is 125 Å². The first-order valence-electron chi connectivity index (χ1n) is 12.2. The molecule has 168 valence electrons. The fraction of sp³-hybridized carbons (Fsp3) is 0. The van der Waals surface area contributed by atoms with Gasteiger partial charge in [0.15, 0.2) is 0 Å². The molecule has 0 aliphatic rings. The van der Waals surface area contributed by atoms with Crippen LogP contribution in [0.3, 0.4) is 0 Å². The maximum Gasteiger partial charge on any atom is 0.136 e. The van der Waals surface area contributed by atoms with Crippen molar-refractivity contribution in [3.05, 3.63) is 121 Å². The fourth-order valence-electron chi connectivity index (χ4n) is 5.74. The monoisotopic (exact) mass is 476 g/mol. The zero-order valence-electron chi connectivity index (χ0n) is 19.4. The Kier molecular flexibility index (Phi) is 4.16. The molecule has 2 heteroatoms. The maximum absolute atomic E-state index is 6.28. The molecular formula is C34H20OS. The number of fused-ring (bicyclic) bond motifs is 6. The van der Waals surface area contributed by atoms with Crippen molar-refractivity contribution in [1.29, 1.82) is 0 Å². The van der Waals surface area contributed by atoms with Crippen molar-refractivity contribution in [3.63, 3.8) is 0 Å². The molecule has 8 rings (SSSR count). The summed E-state index contributed by atoms with van der Waals surface area (Å²) < 4.78 is 7.57. The van der Waals surface area contributed by atoms with E-state index in [0.717, 1.165) is 16.6 Å². The molecule has 0 spiro atoms. The first-order chi connectivity index (χ1) is 17.8. The van der Waals surface area contributed by atoms with E-state index in [0.29, 0.717) is 0 Å². The van der Waals surface area contributed by atoms with Gasteiger partial charge in [-0.25, -0.2) is 0 Å². The highest BCUT2D eigenvalue weighted by molar-refractivity contribution is 7.17. The summed E-state index contributed by atoms with van der Waals surface area (Å²) >= 11 is 1.78. The van der Waals surface area contributed by atoms with Gasteiger partial charge in [-0.3, -0.25) is 0 Å². The molecular weight excluding hydrogens is 456 g/mol. The third-order valence-electron chi connectivity index (χ3n) is 7.33. The average molecular weight is 477 g/mol. The van der Waals surface area contributed by atoms with E-state index >= 15 is 0 Å². The summed E-state index contributed by atoms with van der Waals surface area (Å²) in [7, 11) is 0. The van der Waals surface area contributed by atoms with Gasteiger partial charge in [-0.1, -0.05) is 84.9 Å². The average Bonchev–Trinajstić information content (AvgIpc) is 3.54. The molecule has 36 heavy (non-hydrogen) atoms. The van der Waals surface area contributed by atoms with Crippen LogP contribution in [0.1, 0.15) is 0 Å². The van der Waals surface area contributed by atoms with Crippen molar-refractivity contribution in [2.45, 2.75) is 0 Å². The van der Waals surface area contributed by atoms with Crippen LogP contribution in [0.4, 0.5) is 0 Å². The van der Waals surface area contributed by atoms with E-state index in [1.165, 1.54) is 59.3 Å². The number of hydrogen-bond acceptors (Lipinski definition) is 2. The Morgan fingerprint density at radius 1 is 0.444 bits per heavy atom. The maximum atomic E-state index is 6.28. The molecule has 6 aromatic carbocycles. The van der Waals surface area contributed by atoms with E-state index < -0.39 is 0 Å². The number of benzene rings is 6. The van der Waals surface area contributed by atoms with Crippen molar-refractivity contribution >= 4 is 64.9 Å². The fourth-order valence-corrected chi connectivity index (χ4v) is 6.55. The summed E-state index contributed by atoms with van der Waals surface area (Å²) in [6.45, 7) is 0. The minimum absolute atomic E-state index is 0.931. The van der Waals surface area contributed by atoms with Gasteiger partial charge in [0.25, 0.3) is 0 Å². The van der Waals surface area contributed by atoms with Crippen molar-refractivity contribution in [2.75, 3.05) is 0 Å². The van der Waals surface area contributed by atoms with E-state index in [1.54, 1.807) is 11.3 Å². The molecule has 0 aliphatic heterocycles. The lowest BCUT2D eigenvalue weighted by Crippen LogP contribution is -1.90. The van der Waals surface area contributed by atoms with Gasteiger partial charge >= 0.3 is 0 Å². The molecule has 0 saturated carbocycles. The molecule has 0 atom stereocenters. The second kappa shape index (κ2) is 7.55. The lowest BCUT2D eigenvalue weighted by Gasteiger charge is -2.17. The third-order valence-corrected chi connectivity index (χ3v) is 8.21. The highest BCUT2D eigenvalue weighted by atomic mass is 32.1. The van der Waals surface area contributed by atoms with Gasteiger partial charge in [-0.05, 0) is 84.9 Å². The van der Waals surface area contributed by atoms with Crippen LogP contribution in [0.5, 0.6) is 0 Å². The van der Waals surface area contributed by atoms with E-state index in [2.05, 4.69) is 121 Å². The Bertz CT molecular complexity index is 2040. The minimum Gasteiger partial charge on any atom is -0.456 e. The third kappa shape index (κ3) is 2.82. The quantitative estimate of drug-likeness (QED) is 0.226. The van der Waals surface area contributed by atoms with E-state index in [-0.39, 0.29) is 0 Å². The minimum atomic E-state index is 0.931. The second-order valence-corrected chi connectivity index (χ2v) is 10.3. The molecule has 0 aliphatic carbocycles. The Labute approximate surface area is 211 Å². The van der Waals surface area contributed by atoms with Crippen LogP contribution in [0.25, 0.3) is 75.8 Å². The van der Waals surface area contributed by atoms with Gasteiger partial charge in [-0.15, -0.1) is 11.3 Å². The smallest absolute Gasteiger partial charge is 0.136 e. The zero-order chi connectivity index (χ0) is 23.6. The summed E-state index contributed by atoms with van der Waals surface area (Å²) in [5.41, 5.74) is 6.90. The van der Waals surface area contributed by atoms with Crippen LogP contribution in [0, 0.1) is 0 Å². The molecule has 0 radical (unpaired) electrons. The summed E-state index contributed by atoms with van der Waals surface area (Å²) in [5, 5.41) is 10.8. The normalized spacial score (nSPS) is 11.9. The first kappa shape index (κ1) is 19.9. The lowest BCUT2D eigenvalue weighted by molar-refractivity contribution is 0.669. The Morgan fingerprint density at radius 2 is 1.06 bits per heavy atom. The van der Waals surface area contributed by atoms with Crippen LogP contribution < -0.4 is 0 Å². The van der Waals surface area contributed by atoms with Gasteiger partial charge in [0.2, 0.25) is 0 Å². The highest BCUT2D eigenvalue weighted by Gasteiger charge is 2.17. The Morgan fingerprint density at radius 3 is 1.75 bits per heavy atom. The van der Waals surface area contributed by atoms with Gasteiger partial charge < -0.3 is 4.42 Å². The molecule has 0 amide bonds. The lowest BCUT2D eigenvalue weighted by atomic mass is 9.86. The Hall–Kier alpha value is -4.40. The molecule has 0 unspecified atom stereocenters. The van der Waals surface area contributed by atoms with Crippen LogP contribution in [0.2, 0.25) is 0 Å². The first-order valence-corrected chi connectivity index (χ1v) is 13.1. The SMILES string of the molecule is c1ccc(-c2c3ccccc3c(-c3ccc4oc5cc6ccsc6cc5c4c3)c3ccccc23)cc1. The van der Waals surface area contributed by atoms with Crippen molar-refractivity contribution in [1.82, 2.24) is 0 Å². The van der Waals surface area contributed by atoms with E-state index in [4.69, 9.17) is 4.42 Å². The Balaban J connectivity index is 1.49. The molecule has 0 saturated heterocycles. The van der Waals surface area contributed by atoms with Crippen LogP contribution >= 0.6 is 11.3 Å². The summed E-state index contributed by atoms with van der Waals surface area (Å²) in [5.74, 6) is 0. The van der Waals surface area contributed by atoms with Crippen molar-refractivity contribution < 1.29 is 4.42 Å². The largest absolute Gasteiger partial charge is 0.456 e. The van der Waals surface area contributed by atoms with Gasteiger partial charge in [0.05, 0.1) is 0 Å². The van der Waals surface area contributed by atoms with Crippen molar-refractivity contribution in [3.8, 4) is 22.3 Å². The molecule has 1 nitrogen and oxygen atoms in total. The van der Waals surface area contributed by atoms with E-state index in [1.807, 2.05) is 0 Å². The number of rotatable bonds is 2. The predicted octanol–water partition coefficient (Wildman–Crippen LogP) is 10.4. The van der Waals surface area contributed by atoms with Gasteiger partial charge in [0.1, 0.15) is 11.2 Å². The molecule has 8 aromatic rings. The van der Waals surface area contributed by atoms with Gasteiger partial charge in [-0.2, -0.15) is 0 Å². The van der Waals surface area contributed by atoms with Gasteiger partial charge in [0, 0.05) is 15.5 Å². The number of thiophene rings is 1. The molecule has 0 fully saturated rings.